The molecule has 0 fully saturated rings. The molecule has 6 nitrogen and oxygen atoms in total. The molecule has 1 aliphatic heterocycles. The molecule has 0 radical (unpaired) electrons. The van der Waals surface area contributed by atoms with E-state index >= 15 is 0 Å². The molecule has 0 saturated carbocycles. The minimum atomic E-state index is -4.50. The smallest absolute Gasteiger partial charge is 0.363 e. The number of alkyl halides is 3. The number of hydrogen-bond acceptors (Lipinski definition) is 4. The third-order valence-corrected chi connectivity index (χ3v) is 5.65. The highest BCUT2D eigenvalue weighted by atomic mass is 19.4. The molecule has 0 saturated heterocycles. The van der Waals surface area contributed by atoms with Crippen LogP contribution in [0.1, 0.15) is 58.3 Å². The van der Waals surface area contributed by atoms with Crippen molar-refractivity contribution in [1.29, 1.82) is 0 Å². The standard InChI is InChI=1S/C23H24F3N5O/c1-3-15-7-9-16(10-8-15)19-11-20(23(24,25)26)31-21(30-19)18(13-28-31)22(32)27-12-17-6-4-5-14(2)29-17/h4-10,13,19-20,30H,3,11-12H2,1-2H3,(H,27,32)/t19-,20+/m1/s1. The van der Waals surface area contributed by atoms with Gasteiger partial charge in [0.15, 0.2) is 6.04 Å². The van der Waals surface area contributed by atoms with Crippen molar-refractivity contribution in [3.8, 4) is 0 Å². The summed E-state index contributed by atoms with van der Waals surface area (Å²) in [6, 6.07) is 10.5. The Morgan fingerprint density at radius 3 is 2.62 bits per heavy atom. The van der Waals surface area contributed by atoms with Crippen LogP contribution in [0.2, 0.25) is 0 Å². The number of aryl methyl sites for hydroxylation is 2. The van der Waals surface area contributed by atoms with Gasteiger partial charge in [-0.25, -0.2) is 4.68 Å². The number of nitrogens with zero attached hydrogens (tertiary/aromatic N) is 3. The summed E-state index contributed by atoms with van der Waals surface area (Å²) in [5.41, 5.74) is 3.38. The van der Waals surface area contributed by atoms with E-state index in [0.29, 0.717) is 5.69 Å². The molecular weight excluding hydrogens is 419 g/mol. The number of halogens is 3. The molecular formula is C23H24F3N5O. The summed E-state index contributed by atoms with van der Waals surface area (Å²) >= 11 is 0. The third-order valence-electron chi connectivity index (χ3n) is 5.65. The lowest BCUT2D eigenvalue weighted by Crippen LogP contribution is -2.36. The van der Waals surface area contributed by atoms with E-state index in [0.717, 1.165) is 27.9 Å². The van der Waals surface area contributed by atoms with E-state index in [1.54, 1.807) is 6.07 Å². The van der Waals surface area contributed by atoms with Crippen LogP contribution in [0.5, 0.6) is 0 Å². The van der Waals surface area contributed by atoms with Crippen molar-refractivity contribution in [2.75, 3.05) is 5.32 Å². The number of hydrogen-bond donors (Lipinski definition) is 2. The topological polar surface area (TPSA) is 71.8 Å². The molecule has 1 amide bonds. The van der Waals surface area contributed by atoms with Crippen molar-refractivity contribution in [3.63, 3.8) is 0 Å². The minimum Gasteiger partial charge on any atom is -0.363 e. The molecule has 2 aromatic heterocycles. The van der Waals surface area contributed by atoms with Gasteiger partial charge in [-0.1, -0.05) is 37.3 Å². The highest BCUT2D eigenvalue weighted by Crippen LogP contribution is 2.44. The number of amides is 1. The van der Waals surface area contributed by atoms with Crippen LogP contribution in [0.15, 0.2) is 48.7 Å². The van der Waals surface area contributed by atoms with Crippen molar-refractivity contribution < 1.29 is 18.0 Å². The fourth-order valence-electron chi connectivity index (χ4n) is 3.90. The SMILES string of the molecule is CCc1ccc([C@H]2C[C@@H](C(F)(F)F)n3ncc(C(=O)NCc4cccc(C)n4)c3N2)cc1. The Morgan fingerprint density at radius 2 is 1.97 bits per heavy atom. The maximum atomic E-state index is 13.8. The lowest BCUT2D eigenvalue weighted by atomic mass is 9.95. The van der Waals surface area contributed by atoms with Crippen LogP contribution in [0.4, 0.5) is 19.0 Å². The first-order chi connectivity index (χ1) is 15.3. The molecule has 0 aliphatic carbocycles. The van der Waals surface area contributed by atoms with E-state index < -0.39 is 24.2 Å². The zero-order chi connectivity index (χ0) is 22.9. The minimum absolute atomic E-state index is 0.0674. The van der Waals surface area contributed by atoms with E-state index in [4.69, 9.17) is 0 Å². The highest BCUT2D eigenvalue weighted by Gasteiger charge is 2.47. The Morgan fingerprint density at radius 1 is 1.22 bits per heavy atom. The van der Waals surface area contributed by atoms with Gasteiger partial charge < -0.3 is 10.6 Å². The molecule has 0 spiro atoms. The van der Waals surface area contributed by atoms with Crippen molar-refractivity contribution >= 4 is 11.7 Å². The number of pyridine rings is 1. The number of carbonyl (C=O) groups is 1. The van der Waals surface area contributed by atoms with E-state index in [2.05, 4.69) is 20.7 Å². The van der Waals surface area contributed by atoms with Crippen molar-refractivity contribution in [1.82, 2.24) is 20.1 Å². The molecule has 9 heteroatoms. The van der Waals surface area contributed by atoms with Gasteiger partial charge in [-0.3, -0.25) is 9.78 Å². The van der Waals surface area contributed by atoms with Gasteiger partial charge in [0.05, 0.1) is 24.5 Å². The van der Waals surface area contributed by atoms with Crippen LogP contribution >= 0.6 is 0 Å². The van der Waals surface area contributed by atoms with E-state index in [9.17, 15) is 18.0 Å². The Hall–Kier alpha value is -3.36. The summed E-state index contributed by atoms with van der Waals surface area (Å²) in [7, 11) is 0. The molecule has 168 valence electrons. The lowest BCUT2D eigenvalue weighted by molar-refractivity contribution is -0.173. The fourth-order valence-corrected chi connectivity index (χ4v) is 3.90. The summed E-state index contributed by atoms with van der Waals surface area (Å²) in [6.45, 7) is 4.02. The monoisotopic (exact) mass is 443 g/mol. The molecule has 2 atom stereocenters. The summed E-state index contributed by atoms with van der Waals surface area (Å²) in [6.07, 6.45) is -2.68. The third kappa shape index (κ3) is 4.46. The molecule has 0 unspecified atom stereocenters. The van der Waals surface area contributed by atoms with Gasteiger partial charge in [-0.2, -0.15) is 18.3 Å². The van der Waals surface area contributed by atoms with Crippen LogP contribution in [-0.2, 0) is 13.0 Å². The van der Waals surface area contributed by atoms with Gasteiger partial charge in [0, 0.05) is 12.1 Å². The lowest BCUT2D eigenvalue weighted by Gasteiger charge is -2.34. The number of rotatable bonds is 5. The van der Waals surface area contributed by atoms with Gasteiger partial charge in [-0.15, -0.1) is 0 Å². The average Bonchev–Trinajstić information content (AvgIpc) is 3.20. The van der Waals surface area contributed by atoms with Crippen LogP contribution in [-0.4, -0.2) is 26.8 Å². The van der Waals surface area contributed by atoms with E-state index in [1.165, 1.54) is 6.20 Å². The van der Waals surface area contributed by atoms with Crippen LogP contribution in [0, 0.1) is 6.92 Å². The van der Waals surface area contributed by atoms with Crippen LogP contribution in [0.3, 0.4) is 0 Å². The van der Waals surface area contributed by atoms with Gasteiger partial charge in [0.1, 0.15) is 11.4 Å². The number of nitrogens with one attached hydrogen (secondary N) is 2. The fraction of sp³-hybridized carbons (Fsp3) is 0.348. The molecule has 1 aliphatic rings. The molecule has 3 heterocycles. The maximum Gasteiger partial charge on any atom is 0.410 e. The van der Waals surface area contributed by atoms with E-state index in [-0.39, 0.29) is 24.3 Å². The zero-order valence-corrected chi connectivity index (χ0v) is 17.8. The molecule has 4 rings (SSSR count). The predicted octanol–water partition coefficient (Wildman–Crippen LogP) is 4.74. The highest BCUT2D eigenvalue weighted by molar-refractivity contribution is 5.98. The first-order valence-corrected chi connectivity index (χ1v) is 10.5. The molecule has 3 aromatic rings. The van der Waals surface area contributed by atoms with Gasteiger partial charge >= 0.3 is 6.18 Å². The summed E-state index contributed by atoms with van der Waals surface area (Å²) in [4.78, 5) is 17.1. The van der Waals surface area contributed by atoms with Crippen molar-refractivity contribution in [2.24, 2.45) is 0 Å². The van der Waals surface area contributed by atoms with Crippen LogP contribution in [0.25, 0.3) is 0 Å². The number of benzene rings is 1. The van der Waals surface area contributed by atoms with Gasteiger partial charge in [-0.05, 0) is 36.6 Å². The molecule has 2 N–H and O–H groups in total. The molecule has 1 aromatic carbocycles. The summed E-state index contributed by atoms with van der Waals surface area (Å²) < 4.78 is 42.4. The Labute approximate surface area is 183 Å². The van der Waals surface area contributed by atoms with Crippen molar-refractivity contribution in [3.05, 3.63) is 76.7 Å². The first-order valence-electron chi connectivity index (χ1n) is 10.5. The molecule has 32 heavy (non-hydrogen) atoms. The second-order valence-electron chi connectivity index (χ2n) is 7.89. The Balaban J connectivity index is 1.61. The van der Waals surface area contributed by atoms with Crippen molar-refractivity contribution in [2.45, 2.75) is 51.5 Å². The number of fused-ring (bicyclic) bond motifs is 1. The largest absolute Gasteiger partial charge is 0.410 e. The summed E-state index contributed by atoms with van der Waals surface area (Å²) in [5, 5.41) is 9.75. The summed E-state index contributed by atoms with van der Waals surface area (Å²) in [5.74, 6) is -0.442. The van der Waals surface area contributed by atoms with Crippen LogP contribution < -0.4 is 10.6 Å². The second-order valence-corrected chi connectivity index (χ2v) is 7.89. The zero-order valence-electron chi connectivity index (χ0n) is 17.8. The number of carbonyl (C=O) groups excluding carboxylic acids is 1. The number of anilines is 1. The Bertz CT molecular complexity index is 1110. The van der Waals surface area contributed by atoms with Gasteiger partial charge in [0.25, 0.3) is 5.91 Å². The van der Waals surface area contributed by atoms with E-state index in [1.807, 2.05) is 50.2 Å². The molecule has 0 bridgehead atoms. The average molecular weight is 443 g/mol. The quantitative estimate of drug-likeness (QED) is 0.598. The first kappa shape index (κ1) is 21.9. The van der Waals surface area contributed by atoms with Gasteiger partial charge in [0.2, 0.25) is 0 Å². The Kier molecular flexibility index (Phi) is 5.90. The normalized spacial score (nSPS) is 18.0. The number of aromatic nitrogens is 3. The maximum absolute atomic E-state index is 13.8. The predicted molar refractivity (Wildman–Crippen MR) is 114 cm³/mol. The second kappa shape index (κ2) is 8.64.